The Morgan fingerprint density at radius 2 is 1.85 bits per heavy atom. The van der Waals surface area contributed by atoms with E-state index in [1.54, 1.807) is 6.07 Å². The fraction of sp³-hybridized carbons (Fsp3) is 0.286. The number of rotatable bonds is 4. The highest BCUT2D eigenvalue weighted by Crippen LogP contribution is 2.42. The van der Waals surface area contributed by atoms with Gasteiger partial charge in [0.15, 0.2) is 5.13 Å². The maximum atomic E-state index is 9.84. The van der Waals surface area contributed by atoms with Crippen LogP contribution in [0.5, 0.6) is 5.75 Å². The summed E-state index contributed by atoms with van der Waals surface area (Å²) in [4.78, 5) is 7.03. The van der Waals surface area contributed by atoms with Crippen LogP contribution < -0.4 is 5.73 Å². The first kappa shape index (κ1) is 18.3. The summed E-state index contributed by atoms with van der Waals surface area (Å²) in [6.07, 6.45) is 1.94. The average Bonchev–Trinajstić information content (AvgIpc) is 3.14. The molecule has 1 saturated heterocycles. The van der Waals surface area contributed by atoms with Crippen molar-refractivity contribution in [2.24, 2.45) is 0 Å². The molecule has 3 N–H and O–H groups in total. The Morgan fingerprint density at radius 1 is 1.11 bits per heavy atom. The summed E-state index contributed by atoms with van der Waals surface area (Å²) >= 11 is 7.77. The number of phenolic OH excluding ortho intramolecular Hbond substituents is 1. The van der Waals surface area contributed by atoms with E-state index in [1.165, 1.54) is 16.9 Å². The quantitative estimate of drug-likeness (QED) is 0.669. The van der Waals surface area contributed by atoms with Gasteiger partial charge in [-0.05, 0) is 43.1 Å². The Balaban J connectivity index is 1.58. The van der Waals surface area contributed by atoms with Gasteiger partial charge in [0.2, 0.25) is 0 Å². The zero-order valence-electron chi connectivity index (χ0n) is 14.9. The van der Waals surface area contributed by atoms with Gasteiger partial charge < -0.3 is 10.8 Å². The predicted octanol–water partition coefficient (Wildman–Crippen LogP) is 4.67. The van der Waals surface area contributed by atoms with E-state index in [4.69, 9.17) is 17.3 Å². The molecule has 6 heteroatoms. The summed E-state index contributed by atoms with van der Waals surface area (Å²) in [5.41, 5.74) is 9.17. The average molecular weight is 400 g/mol. The molecular formula is C21H22ClN3OS. The van der Waals surface area contributed by atoms with Crippen LogP contribution in [-0.4, -0.2) is 28.1 Å². The van der Waals surface area contributed by atoms with Gasteiger partial charge in [-0.25, -0.2) is 4.98 Å². The van der Waals surface area contributed by atoms with Crippen LogP contribution in [0, 0.1) is 0 Å². The van der Waals surface area contributed by atoms with Gasteiger partial charge >= 0.3 is 0 Å². The summed E-state index contributed by atoms with van der Waals surface area (Å²) in [6, 6.07) is 16.0. The number of nitrogens with zero attached hydrogens (tertiary/aromatic N) is 2. The molecule has 1 aliphatic rings. The molecule has 27 heavy (non-hydrogen) atoms. The first-order valence-electron chi connectivity index (χ1n) is 9.04. The predicted molar refractivity (Wildman–Crippen MR) is 111 cm³/mol. The number of nitrogens with two attached hydrogens (primary N) is 1. The Bertz CT molecular complexity index is 920. The molecule has 0 bridgehead atoms. The van der Waals surface area contributed by atoms with Gasteiger partial charge in [-0.1, -0.05) is 54.1 Å². The zero-order valence-corrected chi connectivity index (χ0v) is 16.5. The number of piperidine rings is 1. The van der Waals surface area contributed by atoms with Crippen molar-refractivity contribution >= 4 is 28.1 Å². The van der Waals surface area contributed by atoms with E-state index in [9.17, 15) is 5.11 Å². The van der Waals surface area contributed by atoms with Crippen LogP contribution >= 0.6 is 22.9 Å². The van der Waals surface area contributed by atoms with E-state index >= 15 is 0 Å². The summed E-state index contributed by atoms with van der Waals surface area (Å²) in [7, 11) is 0. The highest BCUT2D eigenvalue weighted by molar-refractivity contribution is 7.13. The fourth-order valence-electron chi connectivity index (χ4n) is 3.98. The number of benzene rings is 2. The maximum absolute atomic E-state index is 9.84. The molecule has 140 valence electrons. The first-order valence-corrected chi connectivity index (χ1v) is 10.3. The minimum absolute atomic E-state index is 0.103. The Labute approximate surface area is 168 Å². The number of aromatic hydroxyl groups is 1. The molecular weight excluding hydrogens is 378 g/mol. The molecule has 0 saturated carbocycles. The highest BCUT2D eigenvalue weighted by atomic mass is 35.5. The SMILES string of the molecule is Nc1nc(C2(c3ccccc3)CCN(Cc3cccc(O)c3Cl)CC2)cs1. The van der Waals surface area contributed by atoms with E-state index in [0.717, 1.165) is 43.7 Å². The molecule has 1 fully saturated rings. The monoisotopic (exact) mass is 399 g/mol. The van der Waals surface area contributed by atoms with Crippen molar-refractivity contribution < 1.29 is 5.11 Å². The number of hydrogen-bond acceptors (Lipinski definition) is 5. The molecule has 2 aromatic carbocycles. The van der Waals surface area contributed by atoms with Gasteiger partial charge in [0.05, 0.1) is 10.7 Å². The normalized spacial score (nSPS) is 17.1. The molecule has 1 aliphatic heterocycles. The second kappa shape index (κ2) is 7.50. The molecule has 4 nitrogen and oxygen atoms in total. The number of anilines is 1. The zero-order chi connectivity index (χ0) is 18.9. The van der Waals surface area contributed by atoms with Gasteiger partial charge in [0.1, 0.15) is 5.75 Å². The topological polar surface area (TPSA) is 62.4 Å². The van der Waals surface area contributed by atoms with Gasteiger partial charge in [-0.15, -0.1) is 11.3 Å². The van der Waals surface area contributed by atoms with Crippen molar-refractivity contribution in [3.8, 4) is 5.75 Å². The summed E-state index contributed by atoms with van der Waals surface area (Å²) < 4.78 is 0. The smallest absolute Gasteiger partial charge is 0.180 e. The van der Waals surface area contributed by atoms with Crippen molar-refractivity contribution in [1.29, 1.82) is 0 Å². The molecule has 0 atom stereocenters. The van der Waals surface area contributed by atoms with Gasteiger partial charge in [0, 0.05) is 17.3 Å². The Morgan fingerprint density at radius 3 is 2.52 bits per heavy atom. The molecule has 0 radical (unpaired) electrons. The van der Waals surface area contributed by atoms with Gasteiger partial charge in [-0.2, -0.15) is 0 Å². The van der Waals surface area contributed by atoms with E-state index in [-0.39, 0.29) is 11.2 Å². The highest BCUT2D eigenvalue weighted by Gasteiger charge is 2.39. The lowest BCUT2D eigenvalue weighted by Crippen LogP contribution is -2.43. The first-order chi connectivity index (χ1) is 13.1. The number of halogens is 1. The Hall–Kier alpha value is -2.08. The van der Waals surface area contributed by atoms with Crippen molar-refractivity contribution in [3.05, 3.63) is 75.8 Å². The van der Waals surface area contributed by atoms with Crippen LogP contribution in [0.4, 0.5) is 5.13 Å². The number of phenols is 1. The number of aromatic nitrogens is 1. The second-order valence-electron chi connectivity index (χ2n) is 7.05. The van der Waals surface area contributed by atoms with E-state index < -0.39 is 0 Å². The lowest BCUT2D eigenvalue weighted by molar-refractivity contribution is 0.170. The largest absolute Gasteiger partial charge is 0.506 e. The molecule has 4 rings (SSSR count). The van der Waals surface area contributed by atoms with Crippen LogP contribution in [0.2, 0.25) is 5.02 Å². The fourth-order valence-corrected chi connectivity index (χ4v) is 4.83. The summed E-state index contributed by atoms with van der Waals surface area (Å²) in [5, 5.41) is 13.0. The van der Waals surface area contributed by atoms with Crippen LogP contribution in [-0.2, 0) is 12.0 Å². The van der Waals surface area contributed by atoms with Crippen LogP contribution in [0.3, 0.4) is 0 Å². The van der Waals surface area contributed by atoms with Crippen molar-refractivity contribution in [1.82, 2.24) is 9.88 Å². The van der Waals surface area contributed by atoms with Crippen LogP contribution in [0.15, 0.2) is 53.9 Å². The molecule has 1 aromatic heterocycles. The molecule has 0 aliphatic carbocycles. The molecule has 3 aromatic rings. The van der Waals surface area contributed by atoms with Crippen LogP contribution in [0.1, 0.15) is 29.7 Å². The number of likely N-dealkylation sites (tertiary alicyclic amines) is 1. The number of hydrogen-bond donors (Lipinski definition) is 2. The van der Waals surface area contributed by atoms with E-state index in [2.05, 4.69) is 39.5 Å². The van der Waals surface area contributed by atoms with Crippen LogP contribution in [0.25, 0.3) is 0 Å². The van der Waals surface area contributed by atoms with Crippen molar-refractivity contribution in [2.75, 3.05) is 18.8 Å². The van der Waals surface area contributed by atoms with E-state index in [0.29, 0.717) is 10.2 Å². The lowest BCUT2D eigenvalue weighted by atomic mass is 9.70. The molecule has 0 spiro atoms. The minimum atomic E-state index is -0.103. The third-order valence-electron chi connectivity index (χ3n) is 5.50. The standard InChI is InChI=1S/C21H22ClN3OS/c22-19-15(5-4-8-17(19)26)13-25-11-9-21(10-12-25,16-6-2-1-3-7-16)18-14-27-20(23)24-18/h1-8,14,26H,9-13H2,(H2,23,24). The number of thiazole rings is 1. The minimum Gasteiger partial charge on any atom is -0.506 e. The maximum Gasteiger partial charge on any atom is 0.180 e. The van der Waals surface area contributed by atoms with Crippen molar-refractivity contribution in [3.63, 3.8) is 0 Å². The van der Waals surface area contributed by atoms with Gasteiger partial charge in [-0.3, -0.25) is 4.90 Å². The lowest BCUT2D eigenvalue weighted by Gasteiger charge is -2.41. The summed E-state index contributed by atoms with van der Waals surface area (Å²) in [6.45, 7) is 2.59. The van der Waals surface area contributed by atoms with Gasteiger partial charge in [0.25, 0.3) is 0 Å². The number of nitrogen functional groups attached to an aromatic ring is 1. The van der Waals surface area contributed by atoms with Crippen molar-refractivity contribution in [2.45, 2.75) is 24.8 Å². The molecule has 2 heterocycles. The molecule has 0 unspecified atom stereocenters. The summed E-state index contributed by atoms with van der Waals surface area (Å²) in [5.74, 6) is 0.141. The third kappa shape index (κ3) is 3.55. The molecule has 0 amide bonds. The third-order valence-corrected chi connectivity index (χ3v) is 6.61. The Kier molecular flexibility index (Phi) is 5.08. The van der Waals surface area contributed by atoms with E-state index in [1.807, 2.05) is 18.2 Å². The second-order valence-corrected chi connectivity index (χ2v) is 8.31.